The molecule has 1 amide bonds. The van der Waals surface area contributed by atoms with Gasteiger partial charge in [0.25, 0.3) is 0 Å². The number of hydrogen-bond donors (Lipinski definition) is 2. The molecule has 2 heterocycles. The number of amides is 1. The van der Waals surface area contributed by atoms with Gasteiger partial charge in [-0.3, -0.25) is 4.79 Å². The number of piperidine rings is 1. The van der Waals surface area contributed by atoms with Gasteiger partial charge in [0.2, 0.25) is 5.91 Å². The van der Waals surface area contributed by atoms with E-state index in [-0.39, 0.29) is 5.91 Å². The monoisotopic (exact) mass is 259 g/mol. The normalized spacial score (nSPS) is 20.3. The summed E-state index contributed by atoms with van der Waals surface area (Å²) in [5, 5.41) is 6.53. The number of fused-ring (bicyclic) bond motifs is 1. The second-order valence-corrected chi connectivity index (χ2v) is 5.34. The molecule has 0 unspecified atom stereocenters. The first-order valence-electron chi connectivity index (χ1n) is 7.13. The second-order valence-electron chi connectivity index (χ2n) is 5.34. The SMILES string of the molecule is CNc1ccc2c(c1)CCC(=O)N2C1CCNCC1. The first kappa shape index (κ1) is 12.5. The van der Waals surface area contributed by atoms with Crippen molar-refractivity contribution in [1.29, 1.82) is 0 Å². The van der Waals surface area contributed by atoms with Gasteiger partial charge in [-0.2, -0.15) is 0 Å². The van der Waals surface area contributed by atoms with Crippen LogP contribution < -0.4 is 15.5 Å². The summed E-state index contributed by atoms with van der Waals surface area (Å²) in [6.45, 7) is 2.02. The minimum atomic E-state index is 0.289. The number of anilines is 2. The van der Waals surface area contributed by atoms with Crippen molar-refractivity contribution in [2.24, 2.45) is 0 Å². The largest absolute Gasteiger partial charge is 0.388 e. The Labute approximate surface area is 114 Å². The maximum atomic E-state index is 12.3. The van der Waals surface area contributed by atoms with Crippen LogP contribution in [0.15, 0.2) is 18.2 Å². The number of carbonyl (C=O) groups excluding carboxylic acids is 1. The van der Waals surface area contributed by atoms with E-state index >= 15 is 0 Å². The van der Waals surface area contributed by atoms with Gasteiger partial charge in [-0.25, -0.2) is 0 Å². The fraction of sp³-hybridized carbons (Fsp3) is 0.533. The summed E-state index contributed by atoms with van der Waals surface area (Å²) in [6, 6.07) is 6.70. The lowest BCUT2D eigenvalue weighted by atomic mass is 9.95. The summed E-state index contributed by atoms with van der Waals surface area (Å²) in [7, 11) is 1.93. The molecule has 102 valence electrons. The Kier molecular flexibility index (Phi) is 3.42. The van der Waals surface area contributed by atoms with Crippen LogP contribution >= 0.6 is 0 Å². The molecule has 4 heteroatoms. The molecule has 4 nitrogen and oxygen atoms in total. The van der Waals surface area contributed by atoms with Gasteiger partial charge in [0, 0.05) is 30.9 Å². The Morgan fingerprint density at radius 1 is 1.26 bits per heavy atom. The maximum absolute atomic E-state index is 12.3. The first-order chi connectivity index (χ1) is 9.29. The third kappa shape index (κ3) is 2.32. The molecule has 0 radical (unpaired) electrons. The Morgan fingerprint density at radius 3 is 2.79 bits per heavy atom. The van der Waals surface area contributed by atoms with Gasteiger partial charge in [0.05, 0.1) is 0 Å². The lowest BCUT2D eigenvalue weighted by Crippen LogP contribution is -2.48. The van der Waals surface area contributed by atoms with E-state index in [0.717, 1.165) is 43.7 Å². The van der Waals surface area contributed by atoms with Crippen molar-refractivity contribution in [3.63, 3.8) is 0 Å². The van der Waals surface area contributed by atoms with Crippen molar-refractivity contribution in [3.05, 3.63) is 23.8 Å². The summed E-state index contributed by atoms with van der Waals surface area (Å²) in [6.07, 6.45) is 3.62. The van der Waals surface area contributed by atoms with Crippen LogP contribution in [0.4, 0.5) is 11.4 Å². The predicted molar refractivity (Wildman–Crippen MR) is 77.7 cm³/mol. The van der Waals surface area contributed by atoms with Crippen molar-refractivity contribution in [2.45, 2.75) is 31.7 Å². The van der Waals surface area contributed by atoms with Gasteiger partial charge in [0.15, 0.2) is 0 Å². The fourth-order valence-corrected chi connectivity index (χ4v) is 3.14. The molecule has 0 saturated carbocycles. The van der Waals surface area contributed by atoms with E-state index < -0.39 is 0 Å². The molecule has 2 N–H and O–H groups in total. The second kappa shape index (κ2) is 5.21. The number of hydrogen-bond acceptors (Lipinski definition) is 3. The summed E-state index contributed by atoms with van der Waals surface area (Å²) >= 11 is 0. The van der Waals surface area contributed by atoms with Crippen LogP contribution in [0.1, 0.15) is 24.8 Å². The third-order valence-electron chi connectivity index (χ3n) is 4.18. The Hall–Kier alpha value is -1.55. The van der Waals surface area contributed by atoms with Crippen LogP contribution in [-0.2, 0) is 11.2 Å². The zero-order valence-electron chi connectivity index (χ0n) is 11.4. The zero-order chi connectivity index (χ0) is 13.2. The van der Waals surface area contributed by atoms with Crippen LogP contribution in [0.2, 0.25) is 0 Å². The summed E-state index contributed by atoms with van der Waals surface area (Å²) in [5.74, 6) is 0.289. The Balaban J connectivity index is 1.94. The van der Waals surface area contributed by atoms with E-state index in [1.165, 1.54) is 5.56 Å². The molecule has 2 aliphatic rings. The molecule has 1 aromatic carbocycles. The zero-order valence-corrected chi connectivity index (χ0v) is 11.4. The van der Waals surface area contributed by atoms with Crippen LogP contribution in [0.25, 0.3) is 0 Å². The van der Waals surface area contributed by atoms with E-state index in [1.54, 1.807) is 0 Å². The molecule has 0 aliphatic carbocycles. The van der Waals surface area contributed by atoms with Gasteiger partial charge in [0.1, 0.15) is 0 Å². The smallest absolute Gasteiger partial charge is 0.227 e. The molecule has 0 aromatic heterocycles. The minimum Gasteiger partial charge on any atom is -0.388 e. The third-order valence-corrected chi connectivity index (χ3v) is 4.18. The number of carbonyl (C=O) groups is 1. The van der Waals surface area contributed by atoms with E-state index in [2.05, 4.69) is 33.7 Å². The van der Waals surface area contributed by atoms with Crippen LogP contribution in [0.5, 0.6) is 0 Å². The van der Waals surface area contributed by atoms with Gasteiger partial charge < -0.3 is 15.5 Å². The molecule has 1 saturated heterocycles. The molecule has 1 fully saturated rings. The highest BCUT2D eigenvalue weighted by atomic mass is 16.2. The van der Waals surface area contributed by atoms with Gasteiger partial charge in [-0.1, -0.05) is 0 Å². The summed E-state index contributed by atoms with van der Waals surface area (Å²) < 4.78 is 0. The van der Waals surface area contributed by atoms with Gasteiger partial charge >= 0.3 is 0 Å². The summed E-state index contributed by atoms with van der Waals surface area (Å²) in [5.41, 5.74) is 3.55. The lowest BCUT2D eigenvalue weighted by molar-refractivity contribution is -0.119. The van der Waals surface area contributed by atoms with Crippen LogP contribution in [-0.4, -0.2) is 32.1 Å². The van der Waals surface area contributed by atoms with Crippen LogP contribution in [0.3, 0.4) is 0 Å². The van der Waals surface area contributed by atoms with E-state index in [9.17, 15) is 4.79 Å². The first-order valence-corrected chi connectivity index (χ1v) is 7.13. The molecule has 3 rings (SSSR count). The number of benzene rings is 1. The van der Waals surface area contributed by atoms with Crippen LogP contribution in [0, 0.1) is 0 Å². The van der Waals surface area contributed by atoms with Gasteiger partial charge in [-0.15, -0.1) is 0 Å². The Morgan fingerprint density at radius 2 is 2.05 bits per heavy atom. The van der Waals surface area contributed by atoms with E-state index in [1.807, 2.05) is 7.05 Å². The highest BCUT2D eigenvalue weighted by Crippen LogP contribution is 2.33. The quantitative estimate of drug-likeness (QED) is 0.850. The highest BCUT2D eigenvalue weighted by molar-refractivity contribution is 5.97. The molecule has 19 heavy (non-hydrogen) atoms. The van der Waals surface area contributed by atoms with Crippen molar-refractivity contribution < 1.29 is 4.79 Å². The predicted octanol–water partition coefficient (Wildman–Crippen LogP) is 1.76. The number of aryl methyl sites for hydroxylation is 1. The average Bonchev–Trinajstić information content (AvgIpc) is 2.47. The average molecular weight is 259 g/mol. The molecule has 2 aliphatic heterocycles. The number of nitrogens with zero attached hydrogens (tertiary/aromatic N) is 1. The molecular weight excluding hydrogens is 238 g/mol. The molecular formula is C15H21N3O. The molecule has 0 atom stereocenters. The molecule has 1 aromatic rings. The maximum Gasteiger partial charge on any atom is 0.227 e. The van der Waals surface area contributed by atoms with Crippen molar-refractivity contribution in [2.75, 3.05) is 30.4 Å². The van der Waals surface area contributed by atoms with Crippen molar-refractivity contribution in [3.8, 4) is 0 Å². The lowest BCUT2D eigenvalue weighted by Gasteiger charge is -2.38. The minimum absolute atomic E-state index is 0.289. The standard InChI is InChI=1S/C15H21N3O/c1-16-12-3-4-14-11(10-12)2-5-15(19)18(14)13-6-8-17-9-7-13/h3-4,10,13,16-17H,2,5-9H2,1H3. The fourth-order valence-electron chi connectivity index (χ4n) is 3.14. The number of nitrogens with one attached hydrogen (secondary N) is 2. The van der Waals surface area contributed by atoms with E-state index in [4.69, 9.17) is 0 Å². The topological polar surface area (TPSA) is 44.4 Å². The molecule has 0 spiro atoms. The number of rotatable bonds is 2. The summed E-state index contributed by atoms with van der Waals surface area (Å²) in [4.78, 5) is 14.4. The van der Waals surface area contributed by atoms with Gasteiger partial charge in [-0.05, 0) is 56.1 Å². The Bertz CT molecular complexity index is 480. The van der Waals surface area contributed by atoms with Crippen molar-refractivity contribution >= 4 is 17.3 Å². The molecule has 0 bridgehead atoms. The van der Waals surface area contributed by atoms with E-state index in [0.29, 0.717) is 12.5 Å². The van der Waals surface area contributed by atoms with Crippen molar-refractivity contribution in [1.82, 2.24) is 5.32 Å². The highest BCUT2D eigenvalue weighted by Gasteiger charge is 2.31.